The average molecular weight is 663 g/mol. The molecule has 47 heavy (non-hydrogen) atoms. The number of likely N-dealkylation sites (N-methyl/N-ethyl adjacent to an activating group) is 1. The van der Waals surface area contributed by atoms with Gasteiger partial charge in [-0.2, -0.15) is 0 Å². The Labute approximate surface area is 286 Å². The van der Waals surface area contributed by atoms with E-state index in [1.807, 2.05) is 51.5 Å². The van der Waals surface area contributed by atoms with E-state index >= 15 is 0 Å². The lowest BCUT2D eigenvalue weighted by Gasteiger charge is -2.31. The highest BCUT2D eigenvalue weighted by atomic mass is 16.6. The van der Waals surface area contributed by atoms with E-state index in [0.717, 1.165) is 64.2 Å². The van der Waals surface area contributed by atoms with Gasteiger partial charge in [0, 0.05) is 19.3 Å². The second kappa shape index (κ2) is 30.6. The third-order valence-electron chi connectivity index (χ3n) is 7.84. The second-order valence-electron chi connectivity index (χ2n) is 13.2. The summed E-state index contributed by atoms with van der Waals surface area (Å²) < 4.78 is 17.1. The van der Waals surface area contributed by atoms with Gasteiger partial charge in [0.25, 0.3) is 0 Å². The zero-order chi connectivity index (χ0) is 35.0. The molecular weight excluding hydrogens is 594 g/mol. The summed E-state index contributed by atoms with van der Waals surface area (Å²) in [5.41, 5.74) is 0. The number of carboxylic acids is 1. The standard InChI is InChI=1S/C39H67NO7/c1-6-8-10-12-14-16-17-18-19-20-21-22-24-25-27-29-37(41)46-34-35(33-45-32-31-36(39(43)44)40(3,4)5)47-38(42)30-28-26-23-15-13-11-9-7-2/h8,10,12,14,16-19,35-36H,6-7,9,11,13,15,20-34H2,1-5H3/p+1/b10-8+,14-12+,17-16+,19-18+. The van der Waals surface area contributed by atoms with E-state index in [-0.39, 0.29) is 36.2 Å². The topological polar surface area (TPSA) is 99.1 Å². The van der Waals surface area contributed by atoms with Crippen molar-refractivity contribution in [2.45, 2.75) is 142 Å². The number of ether oxygens (including phenoxy) is 3. The molecule has 0 spiro atoms. The van der Waals surface area contributed by atoms with Crippen LogP contribution in [0.3, 0.4) is 0 Å². The van der Waals surface area contributed by atoms with E-state index in [2.05, 4.69) is 32.1 Å². The van der Waals surface area contributed by atoms with Crippen molar-refractivity contribution < 1.29 is 38.2 Å². The molecule has 270 valence electrons. The molecule has 0 fully saturated rings. The number of carbonyl (C=O) groups excluding carboxylic acids is 2. The van der Waals surface area contributed by atoms with Crippen LogP contribution in [0.4, 0.5) is 0 Å². The maximum atomic E-state index is 12.6. The third kappa shape index (κ3) is 29.2. The molecule has 0 aromatic carbocycles. The quantitative estimate of drug-likeness (QED) is 0.0343. The first-order chi connectivity index (χ1) is 22.6. The van der Waals surface area contributed by atoms with Crippen molar-refractivity contribution in [3.63, 3.8) is 0 Å². The summed E-state index contributed by atoms with van der Waals surface area (Å²) >= 11 is 0. The molecule has 0 saturated carbocycles. The predicted octanol–water partition coefficient (Wildman–Crippen LogP) is 8.90. The smallest absolute Gasteiger partial charge is 0.362 e. The number of aliphatic carboxylic acids is 1. The Morgan fingerprint density at radius 3 is 1.77 bits per heavy atom. The molecule has 2 atom stereocenters. The molecule has 0 aliphatic rings. The maximum absolute atomic E-state index is 12.6. The number of carbonyl (C=O) groups is 3. The SMILES string of the molecule is CC/C=C/C=C/C=C/C=C/CCCCCCCC(=O)OCC(COCCC(C(=O)O)[N+](C)(C)C)OC(=O)CCCCCCCCCC. The van der Waals surface area contributed by atoms with Crippen molar-refractivity contribution in [1.29, 1.82) is 0 Å². The summed E-state index contributed by atoms with van der Waals surface area (Å²) in [6.45, 7) is 4.51. The molecule has 1 N–H and O–H groups in total. The van der Waals surface area contributed by atoms with Crippen molar-refractivity contribution in [3.05, 3.63) is 48.6 Å². The van der Waals surface area contributed by atoms with Gasteiger partial charge in [-0.15, -0.1) is 0 Å². The molecule has 0 heterocycles. The summed E-state index contributed by atoms with van der Waals surface area (Å²) in [4.78, 5) is 36.6. The van der Waals surface area contributed by atoms with Crippen LogP contribution in [0.1, 0.15) is 129 Å². The highest BCUT2D eigenvalue weighted by molar-refractivity contribution is 5.72. The van der Waals surface area contributed by atoms with Crippen LogP contribution in [0.5, 0.6) is 0 Å². The number of allylic oxidation sites excluding steroid dienone is 8. The molecule has 0 radical (unpaired) electrons. The van der Waals surface area contributed by atoms with Crippen LogP contribution in [0.25, 0.3) is 0 Å². The molecule has 0 amide bonds. The van der Waals surface area contributed by atoms with Gasteiger partial charge in [0.1, 0.15) is 6.61 Å². The lowest BCUT2D eigenvalue weighted by atomic mass is 10.1. The minimum absolute atomic E-state index is 0.0527. The van der Waals surface area contributed by atoms with Crippen molar-refractivity contribution >= 4 is 17.9 Å². The van der Waals surface area contributed by atoms with Crippen LogP contribution in [0.2, 0.25) is 0 Å². The van der Waals surface area contributed by atoms with Gasteiger partial charge in [-0.25, -0.2) is 4.79 Å². The maximum Gasteiger partial charge on any atom is 0.362 e. The number of rotatable bonds is 31. The number of quaternary nitrogens is 1. The van der Waals surface area contributed by atoms with Gasteiger partial charge in [0.05, 0.1) is 34.4 Å². The molecule has 8 heteroatoms. The van der Waals surface area contributed by atoms with E-state index in [1.165, 1.54) is 32.1 Å². The minimum atomic E-state index is -0.882. The number of esters is 2. The van der Waals surface area contributed by atoms with Crippen LogP contribution in [0.15, 0.2) is 48.6 Å². The Balaban J connectivity index is 4.45. The first-order valence-corrected chi connectivity index (χ1v) is 18.2. The molecule has 0 rings (SSSR count). The van der Waals surface area contributed by atoms with Crippen LogP contribution < -0.4 is 0 Å². The summed E-state index contributed by atoms with van der Waals surface area (Å²) in [7, 11) is 5.50. The Hall–Kier alpha value is -2.71. The van der Waals surface area contributed by atoms with E-state index in [4.69, 9.17) is 14.2 Å². The molecule has 8 nitrogen and oxygen atoms in total. The third-order valence-corrected chi connectivity index (χ3v) is 7.84. The van der Waals surface area contributed by atoms with Gasteiger partial charge in [-0.3, -0.25) is 9.59 Å². The van der Waals surface area contributed by atoms with Crippen LogP contribution >= 0.6 is 0 Å². The Morgan fingerprint density at radius 2 is 1.19 bits per heavy atom. The van der Waals surface area contributed by atoms with E-state index in [9.17, 15) is 19.5 Å². The minimum Gasteiger partial charge on any atom is -0.477 e. The molecule has 2 unspecified atom stereocenters. The van der Waals surface area contributed by atoms with Gasteiger partial charge < -0.3 is 23.8 Å². The zero-order valence-corrected chi connectivity index (χ0v) is 30.5. The van der Waals surface area contributed by atoms with Crippen molar-refractivity contribution in [2.75, 3.05) is 41.0 Å². The van der Waals surface area contributed by atoms with Crippen LogP contribution in [-0.2, 0) is 28.6 Å². The first kappa shape index (κ1) is 44.3. The zero-order valence-electron chi connectivity index (χ0n) is 30.5. The fraction of sp³-hybridized carbons (Fsp3) is 0.718. The van der Waals surface area contributed by atoms with Gasteiger partial charge >= 0.3 is 17.9 Å². The van der Waals surface area contributed by atoms with E-state index < -0.39 is 18.1 Å². The van der Waals surface area contributed by atoms with E-state index in [1.54, 1.807) is 0 Å². The van der Waals surface area contributed by atoms with E-state index in [0.29, 0.717) is 19.3 Å². The molecule has 0 aliphatic heterocycles. The highest BCUT2D eigenvalue weighted by Crippen LogP contribution is 2.13. The Kier molecular flexibility index (Phi) is 28.8. The van der Waals surface area contributed by atoms with Gasteiger partial charge in [0.15, 0.2) is 12.1 Å². The van der Waals surface area contributed by atoms with Gasteiger partial charge in [-0.05, 0) is 32.1 Å². The molecule has 0 saturated heterocycles. The second-order valence-corrected chi connectivity index (χ2v) is 13.2. The predicted molar refractivity (Wildman–Crippen MR) is 192 cm³/mol. The van der Waals surface area contributed by atoms with Crippen molar-refractivity contribution in [2.24, 2.45) is 0 Å². The summed E-state index contributed by atoms with van der Waals surface area (Å²) in [5, 5.41) is 9.55. The normalized spacial score (nSPS) is 13.6. The number of unbranched alkanes of at least 4 members (excludes halogenated alkanes) is 12. The Bertz CT molecular complexity index is 917. The largest absolute Gasteiger partial charge is 0.477 e. The molecule has 0 aliphatic carbocycles. The fourth-order valence-corrected chi connectivity index (χ4v) is 4.98. The number of hydrogen-bond acceptors (Lipinski definition) is 6. The number of carboxylic acid groups (broad SMARTS) is 1. The van der Waals surface area contributed by atoms with Crippen LogP contribution in [0, 0.1) is 0 Å². The summed E-state index contributed by atoms with van der Waals surface area (Å²) in [6, 6.07) is -0.616. The monoisotopic (exact) mass is 662 g/mol. The van der Waals surface area contributed by atoms with Crippen molar-refractivity contribution in [1.82, 2.24) is 0 Å². The lowest BCUT2D eigenvalue weighted by molar-refractivity contribution is -0.887. The van der Waals surface area contributed by atoms with Gasteiger partial charge in [0.2, 0.25) is 0 Å². The lowest BCUT2D eigenvalue weighted by Crippen LogP contribution is -2.50. The first-order valence-electron chi connectivity index (χ1n) is 18.2. The number of nitrogens with zero attached hydrogens (tertiary/aromatic N) is 1. The summed E-state index contributed by atoms with van der Waals surface area (Å²) in [5.74, 6) is -1.51. The Morgan fingerprint density at radius 1 is 0.660 bits per heavy atom. The highest BCUT2D eigenvalue weighted by Gasteiger charge is 2.31. The molecular formula is C39H68NO7+. The average Bonchev–Trinajstić information content (AvgIpc) is 3.01. The molecule has 0 aromatic heterocycles. The van der Waals surface area contributed by atoms with Crippen LogP contribution in [-0.4, -0.2) is 80.6 Å². The number of hydrogen-bond donors (Lipinski definition) is 1. The van der Waals surface area contributed by atoms with Crippen molar-refractivity contribution in [3.8, 4) is 0 Å². The molecule has 0 bridgehead atoms. The molecule has 0 aromatic rings. The van der Waals surface area contributed by atoms with Gasteiger partial charge in [-0.1, -0.05) is 127 Å². The summed E-state index contributed by atoms with van der Waals surface area (Å²) in [6.07, 6.45) is 33.0. The fourth-order valence-electron chi connectivity index (χ4n) is 4.98.